The van der Waals surface area contributed by atoms with E-state index >= 15 is 0 Å². The smallest absolute Gasteiger partial charge is 0.137 e. The monoisotopic (exact) mass is 413 g/mol. The third-order valence-electron chi connectivity index (χ3n) is 2.81. The van der Waals surface area contributed by atoms with Crippen molar-refractivity contribution in [3.05, 3.63) is 26.6 Å². The van der Waals surface area contributed by atoms with Gasteiger partial charge in [-0.2, -0.15) is 0 Å². The zero-order chi connectivity index (χ0) is 13.4. The van der Waals surface area contributed by atoms with Crippen LogP contribution in [0.1, 0.15) is 38.2 Å². The number of hydrogen-bond acceptors (Lipinski definition) is 2. The summed E-state index contributed by atoms with van der Waals surface area (Å²) < 4.78 is 7.47. The number of unbranched alkanes of at least 4 members (excludes halogenated alkanes) is 3. The first-order chi connectivity index (χ1) is 8.69. The van der Waals surface area contributed by atoms with Gasteiger partial charge in [0.25, 0.3) is 0 Å². The maximum Gasteiger partial charge on any atom is 0.137 e. The van der Waals surface area contributed by atoms with Gasteiger partial charge in [-0.1, -0.05) is 42.1 Å². The Hall–Kier alpha value is 0.230. The van der Waals surface area contributed by atoms with Crippen LogP contribution in [0.3, 0.4) is 0 Å². The van der Waals surface area contributed by atoms with E-state index in [9.17, 15) is 0 Å². The van der Waals surface area contributed by atoms with Gasteiger partial charge in [0.05, 0.1) is 11.6 Å². The first kappa shape index (κ1) is 19.2. The van der Waals surface area contributed by atoms with Crippen LogP contribution in [-0.4, -0.2) is 13.7 Å². The van der Waals surface area contributed by atoms with Crippen LogP contribution in [-0.2, 0) is 6.54 Å². The van der Waals surface area contributed by atoms with Crippen LogP contribution in [0.25, 0.3) is 0 Å². The maximum atomic E-state index is 5.42. The summed E-state index contributed by atoms with van der Waals surface area (Å²) in [5.41, 5.74) is 1.18. The molecule has 0 aliphatic carbocycles. The van der Waals surface area contributed by atoms with Crippen molar-refractivity contribution in [1.82, 2.24) is 5.32 Å². The van der Waals surface area contributed by atoms with Crippen molar-refractivity contribution in [2.75, 3.05) is 13.7 Å². The standard InChI is InChI=1S/C14H21Br2NO.ClH/c1-3-4-5-6-7-17-10-11-8-12(15)9-13(16)14(11)18-2;/h8-9,17H,3-7,10H2,1-2H3;1H. The van der Waals surface area contributed by atoms with E-state index in [2.05, 4.69) is 50.2 Å². The lowest BCUT2D eigenvalue weighted by Crippen LogP contribution is -2.15. The molecule has 0 amide bonds. The van der Waals surface area contributed by atoms with Crippen LogP contribution in [0.4, 0.5) is 0 Å². The van der Waals surface area contributed by atoms with Crippen molar-refractivity contribution in [3.63, 3.8) is 0 Å². The fourth-order valence-electron chi connectivity index (χ4n) is 1.87. The highest BCUT2D eigenvalue weighted by molar-refractivity contribution is 9.11. The van der Waals surface area contributed by atoms with Crippen LogP contribution in [0.2, 0.25) is 0 Å². The van der Waals surface area contributed by atoms with Gasteiger partial charge in [0.2, 0.25) is 0 Å². The quantitative estimate of drug-likeness (QED) is 0.581. The van der Waals surface area contributed by atoms with Gasteiger partial charge in [0.1, 0.15) is 5.75 Å². The number of benzene rings is 1. The molecule has 0 spiro atoms. The average Bonchev–Trinajstić information content (AvgIpc) is 2.33. The highest BCUT2D eigenvalue weighted by Crippen LogP contribution is 2.32. The predicted octanol–water partition coefficient (Wildman–Crippen LogP) is 5.31. The van der Waals surface area contributed by atoms with Gasteiger partial charge in [-0.25, -0.2) is 0 Å². The van der Waals surface area contributed by atoms with Crippen molar-refractivity contribution in [2.24, 2.45) is 0 Å². The molecular weight excluding hydrogens is 393 g/mol. The first-order valence-corrected chi connectivity index (χ1v) is 8.00. The molecule has 2 nitrogen and oxygen atoms in total. The summed E-state index contributed by atoms with van der Waals surface area (Å²) in [6, 6.07) is 4.10. The van der Waals surface area contributed by atoms with Gasteiger partial charge in [0.15, 0.2) is 0 Å². The van der Waals surface area contributed by atoms with E-state index in [4.69, 9.17) is 4.74 Å². The molecule has 19 heavy (non-hydrogen) atoms. The largest absolute Gasteiger partial charge is 0.495 e. The lowest BCUT2D eigenvalue weighted by Gasteiger charge is -2.12. The summed E-state index contributed by atoms with van der Waals surface area (Å²) in [5.74, 6) is 0.916. The van der Waals surface area contributed by atoms with Crippen molar-refractivity contribution < 1.29 is 4.74 Å². The van der Waals surface area contributed by atoms with Gasteiger partial charge >= 0.3 is 0 Å². The molecule has 0 fully saturated rings. The Bertz CT molecular complexity index is 375. The summed E-state index contributed by atoms with van der Waals surface area (Å²) in [6.45, 7) is 4.14. The minimum absolute atomic E-state index is 0. The van der Waals surface area contributed by atoms with Gasteiger partial charge < -0.3 is 10.1 Å². The van der Waals surface area contributed by atoms with E-state index in [1.54, 1.807) is 7.11 Å². The Morgan fingerprint density at radius 3 is 2.53 bits per heavy atom. The van der Waals surface area contributed by atoms with Crippen molar-refractivity contribution in [2.45, 2.75) is 39.2 Å². The normalized spacial score (nSPS) is 10.1. The Morgan fingerprint density at radius 2 is 1.89 bits per heavy atom. The Morgan fingerprint density at radius 1 is 1.16 bits per heavy atom. The highest BCUT2D eigenvalue weighted by atomic mass is 79.9. The van der Waals surface area contributed by atoms with Crippen LogP contribution >= 0.6 is 44.3 Å². The van der Waals surface area contributed by atoms with E-state index in [1.165, 1.54) is 31.2 Å². The molecule has 0 radical (unpaired) electrons. The molecule has 1 aromatic carbocycles. The SMILES string of the molecule is CCCCCCNCc1cc(Br)cc(Br)c1OC.Cl. The summed E-state index contributed by atoms with van der Waals surface area (Å²) in [4.78, 5) is 0. The molecule has 0 atom stereocenters. The second kappa shape index (κ2) is 11.0. The molecule has 1 N–H and O–H groups in total. The zero-order valence-electron chi connectivity index (χ0n) is 11.5. The third kappa shape index (κ3) is 6.98. The summed E-state index contributed by atoms with van der Waals surface area (Å²) in [6.07, 6.45) is 5.16. The van der Waals surface area contributed by atoms with Crippen LogP contribution in [0, 0.1) is 0 Å². The molecule has 0 saturated carbocycles. The predicted molar refractivity (Wildman–Crippen MR) is 91.5 cm³/mol. The molecular formula is C14H22Br2ClNO. The topological polar surface area (TPSA) is 21.3 Å². The Balaban J connectivity index is 0.00000324. The molecule has 0 unspecified atom stereocenters. The molecule has 0 aromatic heterocycles. The lowest BCUT2D eigenvalue weighted by molar-refractivity contribution is 0.404. The number of nitrogens with one attached hydrogen (secondary N) is 1. The number of hydrogen-bond donors (Lipinski definition) is 1. The second-order valence-electron chi connectivity index (χ2n) is 4.32. The third-order valence-corrected chi connectivity index (χ3v) is 3.86. The molecule has 1 rings (SSSR count). The van der Waals surface area contributed by atoms with Crippen molar-refractivity contribution >= 4 is 44.3 Å². The average molecular weight is 416 g/mol. The Kier molecular flexibility index (Phi) is 11.1. The van der Waals surface area contributed by atoms with Crippen molar-refractivity contribution in [1.29, 1.82) is 0 Å². The molecule has 0 bridgehead atoms. The van der Waals surface area contributed by atoms with E-state index in [0.29, 0.717) is 0 Å². The van der Waals surface area contributed by atoms with Gasteiger partial charge in [-0.15, -0.1) is 12.4 Å². The number of ether oxygens (including phenoxy) is 1. The van der Waals surface area contributed by atoms with Crippen molar-refractivity contribution in [3.8, 4) is 5.75 Å². The first-order valence-electron chi connectivity index (χ1n) is 6.41. The fraction of sp³-hybridized carbons (Fsp3) is 0.571. The van der Waals surface area contributed by atoms with E-state index in [1.807, 2.05) is 6.07 Å². The molecule has 5 heteroatoms. The van der Waals surface area contributed by atoms with Crippen LogP contribution in [0.15, 0.2) is 21.1 Å². The van der Waals surface area contributed by atoms with Gasteiger partial charge in [-0.3, -0.25) is 0 Å². The van der Waals surface area contributed by atoms with E-state index < -0.39 is 0 Å². The summed E-state index contributed by atoms with van der Waals surface area (Å²) in [5, 5.41) is 3.47. The van der Waals surface area contributed by atoms with Gasteiger partial charge in [0, 0.05) is 16.6 Å². The summed E-state index contributed by atoms with van der Waals surface area (Å²) in [7, 11) is 1.71. The second-order valence-corrected chi connectivity index (χ2v) is 6.09. The molecule has 1 aromatic rings. The van der Waals surface area contributed by atoms with E-state index in [-0.39, 0.29) is 12.4 Å². The van der Waals surface area contributed by atoms with Gasteiger partial charge in [-0.05, 0) is 41.0 Å². The van der Waals surface area contributed by atoms with Crippen LogP contribution in [0.5, 0.6) is 5.75 Å². The molecule has 0 aliphatic heterocycles. The minimum atomic E-state index is 0. The molecule has 0 heterocycles. The zero-order valence-corrected chi connectivity index (χ0v) is 15.5. The number of halogens is 3. The Labute approximate surface area is 139 Å². The minimum Gasteiger partial charge on any atom is -0.495 e. The molecule has 110 valence electrons. The maximum absolute atomic E-state index is 5.42. The molecule has 0 saturated heterocycles. The number of rotatable bonds is 8. The molecule has 0 aliphatic rings. The summed E-state index contributed by atoms with van der Waals surface area (Å²) >= 11 is 7.02. The number of methoxy groups -OCH3 is 1. The van der Waals surface area contributed by atoms with Crippen LogP contribution < -0.4 is 10.1 Å². The lowest BCUT2D eigenvalue weighted by atomic mass is 10.2. The van der Waals surface area contributed by atoms with E-state index in [0.717, 1.165) is 27.8 Å². The fourth-order valence-corrected chi connectivity index (χ4v) is 3.35. The highest BCUT2D eigenvalue weighted by Gasteiger charge is 2.08.